The van der Waals surface area contributed by atoms with Gasteiger partial charge >= 0.3 is 0 Å². The highest BCUT2D eigenvalue weighted by Gasteiger charge is 2.02. The van der Waals surface area contributed by atoms with Gasteiger partial charge in [0.25, 0.3) is 0 Å². The zero-order chi connectivity index (χ0) is 14.1. The number of nitrogens with zero attached hydrogens (tertiary/aromatic N) is 1. The van der Waals surface area contributed by atoms with Crippen LogP contribution >= 0.6 is 12.2 Å². The van der Waals surface area contributed by atoms with Crippen LogP contribution < -0.4 is 15.4 Å². The molecule has 0 aliphatic heterocycles. The molecule has 0 saturated carbocycles. The lowest BCUT2D eigenvalue weighted by Gasteiger charge is -2.13. The highest BCUT2D eigenvalue weighted by molar-refractivity contribution is 7.80. The minimum atomic E-state index is 0.670. The van der Waals surface area contributed by atoms with E-state index < -0.39 is 0 Å². The maximum Gasteiger partial charge on any atom is 0.166 e. The van der Waals surface area contributed by atoms with Crippen molar-refractivity contribution in [2.75, 3.05) is 34.3 Å². The number of ether oxygens (including phenoxy) is 1. The van der Waals surface area contributed by atoms with Crippen molar-refractivity contribution < 1.29 is 4.74 Å². The van der Waals surface area contributed by atoms with Crippen molar-refractivity contribution in [2.24, 2.45) is 0 Å². The molecule has 0 radical (unpaired) electrons. The van der Waals surface area contributed by atoms with Crippen molar-refractivity contribution in [3.63, 3.8) is 0 Å². The van der Waals surface area contributed by atoms with Gasteiger partial charge in [0, 0.05) is 18.7 Å². The van der Waals surface area contributed by atoms with Crippen molar-refractivity contribution in [1.82, 2.24) is 15.5 Å². The maximum atomic E-state index is 5.29. The third-order valence-electron chi connectivity index (χ3n) is 2.70. The lowest BCUT2D eigenvalue weighted by Crippen LogP contribution is -2.36. The molecule has 0 saturated heterocycles. The van der Waals surface area contributed by atoms with E-state index in [0.29, 0.717) is 11.7 Å². The molecule has 0 bridgehead atoms. The fourth-order valence-electron chi connectivity index (χ4n) is 1.68. The van der Waals surface area contributed by atoms with Crippen LogP contribution in [0.3, 0.4) is 0 Å². The van der Waals surface area contributed by atoms with Gasteiger partial charge in [0.1, 0.15) is 5.75 Å². The summed E-state index contributed by atoms with van der Waals surface area (Å²) < 4.78 is 5.29. The van der Waals surface area contributed by atoms with Crippen molar-refractivity contribution in [1.29, 1.82) is 0 Å². The summed E-state index contributed by atoms with van der Waals surface area (Å²) in [6, 6.07) is 7.93. The fourth-order valence-corrected chi connectivity index (χ4v) is 1.86. The Bertz CT molecular complexity index is 396. The van der Waals surface area contributed by atoms with E-state index in [1.165, 1.54) is 0 Å². The number of hydrogen-bond donors (Lipinski definition) is 2. The van der Waals surface area contributed by atoms with E-state index in [-0.39, 0.29) is 0 Å². The molecule has 0 fully saturated rings. The van der Waals surface area contributed by atoms with Crippen LogP contribution in [0.4, 0.5) is 0 Å². The van der Waals surface area contributed by atoms with Crippen molar-refractivity contribution >= 4 is 17.3 Å². The molecule has 0 aromatic heterocycles. The number of hydrogen-bond acceptors (Lipinski definition) is 3. The Kier molecular flexibility index (Phi) is 7.22. The van der Waals surface area contributed by atoms with Gasteiger partial charge in [-0.05, 0) is 45.3 Å². The molecule has 0 spiro atoms. The predicted molar refractivity (Wildman–Crippen MR) is 83.6 cm³/mol. The molecule has 19 heavy (non-hydrogen) atoms. The molecule has 0 heterocycles. The Morgan fingerprint density at radius 1 is 1.26 bits per heavy atom. The average molecular weight is 281 g/mol. The molecule has 1 rings (SSSR count). The van der Waals surface area contributed by atoms with Gasteiger partial charge in [-0.2, -0.15) is 0 Å². The van der Waals surface area contributed by atoms with Crippen LogP contribution in [0.15, 0.2) is 24.3 Å². The molecule has 5 heteroatoms. The van der Waals surface area contributed by atoms with Gasteiger partial charge in [0.15, 0.2) is 5.11 Å². The van der Waals surface area contributed by atoms with Crippen LogP contribution in [0.1, 0.15) is 12.0 Å². The van der Waals surface area contributed by atoms with E-state index >= 15 is 0 Å². The zero-order valence-corrected chi connectivity index (χ0v) is 12.7. The third-order valence-corrected chi connectivity index (χ3v) is 2.99. The zero-order valence-electron chi connectivity index (χ0n) is 11.9. The van der Waals surface area contributed by atoms with E-state index in [2.05, 4.69) is 29.6 Å². The minimum absolute atomic E-state index is 0.670. The van der Waals surface area contributed by atoms with Crippen molar-refractivity contribution in [2.45, 2.75) is 13.0 Å². The maximum absolute atomic E-state index is 5.29. The first kappa shape index (κ1) is 15.7. The van der Waals surface area contributed by atoms with Crippen LogP contribution in [0.5, 0.6) is 5.75 Å². The molecule has 1 aromatic rings. The van der Waals surface area contributed by atoms with Gasteiger partial charge < -0.3 is 20.3 Å². The van der Waals surface area contributed by atoms with Crippen molar-refractivity contribution in [3.8, 4) is 5.75 Å². The standard InChI is InChI=1S/C14H23N3OS/c1-17(2)10-6-9-15-14(19)16-11-12-7-4-5-8-13(12)18-3/h4-5,7-8H,6,9-11H2,1-3H3,(H2,15,16,19). The lowest BCUT2D eigenvalue weighted by molar-refractivity contribution is 0.399. The largest absolute Gasteiger partial charge is 0.496 e. The molecule has 0 amide bonds. The van der Waals surface area contributed by atoms with E-state index in [4.69, 9.17) is 17.0 Å². The molecule has 106 valence electrons. The second kappa shape index (κ2) is 8.72. The molecule has 0 unspecified atom stereocenters. The SMILES string of the molecule is COc1ccccc1CNC(=S)NCCCN(C)C. The Morgan fingerprint density at radius 2 is 2.00 bits per heavy atom. The Labute approximate surface area is 121 Å². The first-order chi connectivity index (χ1) is 9.13. The average Bonchev–Trinajstić information content (AvgIpc) is 2.41. The van der Waals surface area contributed by atoms with Crippen LogP contribution in [-0.2, 0) is 6.54 Å². The fraction of sp³-hybridized carbons (Fsp3) is 0.500. The lowest BCUT2D eigenvalue weighted by atomic mass is 10.2. The van der Waals surface area contributed by atoms with E-state index in [1.807, 2.05) is 24.3 Å². The van der Waals surface area contributed by atoms with Gasteiger partial charge in [-0.3, -0.25) is 0 Å². The topological polar surface area (TPSA) is 36.5 Å². The van der Waals surface area contributed by atoms with E-state index in [9.17, 15) is 0 Å². The monoisotopic (exact) mass is 281 g/mol. The molecule has 0 aliphatic carbocycles. The first-order valence-electron chi connectivity index (χ1n) is 6.42. The molecular formula is C14H23N3OS. The van der Waals surface area contributed by atoms with Gasteiger partial charge in [0.2, 0.25) is 0 Å². The van der Waals surface area contributed by atoms with Gasteiger partial charge in [-0.1, -0.05) is 18.2 Å². The highest BCUT2D eigenvalue weighted by atomic mass is 32.1. The van der Waals surface area contributed by atoms with Crippen LogP contribution in [0, 0.1) is 0 Å². The quantitative estimate of drug-likeness (QED) is 0.587. The smallest absolute Gasteiger partial charge is 0.166 e. The third kappa shape index (κ3) is 6.40. The predicted octanol–water partition coefficient (Wildman–Crippen LogP) is 1.61. The molecule has 2 N–H and O–H groups in total. The van der Waals surface area contributed by atoms with Crippen LogP contribution in [-0.4, -0.2) is 44.3 Å². The van der Waals surface area contributed by atoms with Gasteiger partial charge in [0.05, 0.1) is 7.11 Å². The summed E-state index contributed by atoms with van der Waals surface area (Å²) in [5, 5.41) is 7.07. The summed E-state index contributed by atoms with van der Waals surface area (Å²) in [6.07, 6.45) is 1.07. The van der Waals surface area contributed by atoms with E-state index in [1.54, 1.807) is 7.11 Å². The molecular weight excluding hydrogens is 258 g/mol. The summed E-state index contributed by atoms with van der Waals surface area (Å²) in [7, 11) is 5.81. The Morgan fingerprint density at radius 3 is 2.68 bits per heavy atom. The van der Waals surface area contributed by atoms with Gasteiger partial charge in [-0.15, -0.1) is 0 Å². The minimum Gasteiger partial charge on any atom is -0.496 e. The Balaban J connectivity index is 2.26. The second-order valence-corrected chi connectivity index (χ2v) is 4.99. The normalized spacial score (nSPS) is 10.3. The van der Waals surface area contributed by atoms with Gasteiger partial charge in [-0.25, -0.2) is 0 Å². The molecule has 4 nitrogen and oxygen atoms in total. The molecule has 0 atom stereocenters. The molecule has 0 aliphatic rings. The summed E-state index contributed by atoms with van der Waals surface area (Å²) in [5.41, 5.74) is 1.10. The van der Waals surface area contributed by atoms with Crippen LogP contribution in [0.25, 0.3) is 0 Å². The Hall–Kier alpha value is -1.33. The van der Waals surface area contributed by atoms with Crippen LogP contribution in [0.2, 0.25) is 0 Å². The summed E-state index contributed by atoms with van der Waals surface area (Å²) in [6.45, 7) is 2.61. The number of nitrogens with one attached hydrogen (secondary N) is 2. The number of rotatable bonds is 7. The van der Waals surface area contributed by atoms with Crippen molar-refractivity contribution in [3.05, 3.63) is 29.8 Å². The first-order valence-corrected chi connectivity index (χ1v) is 6.82. The number of thiocarbonyl (C=S) groups is 1. The van der Waals surface area contributed by atoms with E-state index in [0.717, 1.165) is 30.8 Å². The summed E-state index contributed by atoms with van der Waals surface area (Å²) in [5.74, 6) is 0.880. The number of para-hydroxylation sites is 1. The number of benzene rings is 1. The number of methoxy groups -OCH3 is 1. The highest BCUT2D eigenvalue weighted by Crippen LogP contribution is 2.16. The summed E-state index contributed by atoms with van der Waals surface area (Å²) in [4.78, 5) is 2.16. The summed E-state index contributed by atoms with van der Waals surface area (Å²) >= 11 is 5.24. The molecule has 1 aromatic carbocycles. The second-order valence-electron chi connectivity index (χ2n) is 4.58.